The van der Waals surface area contributed by atoms with Gasteiger partial charge >= 0.3 is 5.97 Å². The molecule has 1 aromatic carbocycles. The lowest BCUT2D eigenvalue weighted by atomic mass is 10.1. The zero-order valence-corrected chi connectivity index (χ0v) is 12.0. The third kappa shape index (κ3) is 3.27. The number of rotatable bonds is 4. The molecule has 1 heterocycles. The maximum absolute atomic E-state index is 11.6. The predicted octanol–water partition coefficient (Wildman–Crippen LogP) is 3.69. The number of benzene rings is 1. The van der Waals surface area contributed by atoms with Gasteiger partial charge in [0.2, 0.25) is 0 Å². The van der Waals surface area contributed by atoms with Gasteiger partial charge in [-0.15, -0.1) is 0 Å². The first-order chi connectivity index (χ1) is 9.61. The van der Waals surface area contributed by atoms with Crippen LogP contribution in [-0.4, -0.2) is 18.1 Å². The van der Waals surface area contributed by atoms with Crippen LogP contribution in [0.2, 0.25) is 5.02 Å². The molecule has 0 aliphatic carbocycles. The van der Waals surface area contributed by atoms with Crippen molar-refractivity contribution >= 4 is 23.3 Å². The van der Waals surface area contributed by atoms with Crippen molar-refractivity contribution in [3.05, 3.63) is 58.9 Å². The van der Waals surface area contributed by atoms with E-state index in [0.29, 0.717) is 10.6 Å². The maximum Gasteiger partial charge on any atom is 0.339 e. The highest BCUT2D eigenvalue weighted by Crippen LogP contribution is 2.24. The lowest BCUT2D eigenvalue weighted by molar-refractivity contribution is 0.0601. The van der Waals surface area contributed by atoms with E-state index in [1.165, 1.54) is 7.11 Å². The molecule has 0 radical (unpaired) electrons. The molecule has 20 heavy (non-hydrogen) atoms. The van der Waals surface area contributed by atoms with Crippen LogP contribution in [-0.2, 0) is 4.74 Å². The molecule has 0 aliphatic rings. The van der Waals surface area contributed by atoms with Gasteiger partial charge in [0.05, 0.1) is 17.7 Å². The number of carbonyl (C=O) groups is 1. The number of esters is 1. The highest BCUT2D eigenvalue weighted by molar-refractivity contribution is 6.33. The summed E-state index contributed by atoms with van der Waals surface area (Å²) < 4.78 is 4.70. The van der Waals surface area contributed by atoms with Gasteiger partial charge in [0.15, 0.2) is 0 Å². The number of halogens is 1. The first-order valence-corrected chi connectivity index (χ1v) is 6.54. The molecule has 0 saturated carbocycles. The monoisotopic (exact) mass is 290 g/mol. The van der Waals surface area contributed by atoms with E-state index in [-0.39, 0.29) is 6.04 Å². The lowest BCUT2D eigenvalue weighted by Crippen LogP contribution is -2.08. The van der Waals surface area contributed by atoms with Crippen molar-refractivity contribution in [3.8, 4) is 0 Å². The third-order valence-corrected chi connectivity index (χ3v) is 3.29. The number of methoxy groups -OCH3 is 1. The molecule has 1 aromatic heterocycles. The van der Waals surface area contributed by atoms with Gasteiger partial charge in [-0.1, -0.05) is 11.6 Å². The molecule has 1 atom stereocenters. The second-order valence-corrected chi connectivity index (χ2v) is 4.74. The fourth-order valence-corrected chi connectivity index (χ4v) is 2.06. The Morgan fingerprint density at radius 2 is 2.00 bits per heavy atom. The number of hydrogen-bond acceptors (Lipinski definition) is 4. The van der Waals surface area contributed by atoms with Crippen molar-refractivity contribution in [2.45, 2.75) is 13.0 Å². The van der Waals surface area contributed by atoms with Crippen LogP contribution in [0.15, 0.2) is 42.7 Å². The van der Waals surface area contributed by atoms with Crippen molar-refractivity contribution < 1.29 is 9.53 Å². The molecular formula is C15H15ClN2O2. The Balaban J connectivity index is 2.20. The SMILES string of the molecule is COC(=O)c1cc(NC(C)c2ccncc2)ccc1Cl. The molecule has 0 saturated heterocycles. The third-order valence-electron chi connectivity index (χ3n) is 2.96. The van der Waals surface area contributed by atoms with E-state index >= 15 is 0 Å². The van der Waals surface area contributed by atoms with E-state index in [1.807, 2.05) is 25.1 Å². The lowest BCUT2D eigenvalue weighted by Gasteiger charge is -2.16. The zero-order valence-electron chi connectivity index (χ0n) is 11.3. The van der Waals surface area contributed by atoms with Gasteiger partial charge in [-0.05, 0) is 42.8 Å². The minimum atomic E-state index is -0.449. The molecule has 0 spiro atoms. The van der Waals surface area contributed by atoms with E-state index in [2.05, 4.69) is 10.3 Å². The molecule has 104 valence electrons. The summed E-state index contributed by atoms with van der Waals surface area (Å²) in [4.78, 5) is 15.6. The Hall–Kier alpha value is -2.07. The van der Waals surface area contributed by atoms with Crippen LogP contribution < -0.4 is 5.32 Å². The van der Waals surface area contributed by atoms with Gasteiger partial charge in [-0.2, -0.15) is 0 Å². The Bertz CT molecular complexity index is 602. The van der Waals surface area contributed by atoms with E-state index in [1.54, 1.807) is 24.5 Å². The normalized spacial score (nSPS) is 11.8. The average molecular weight is 291 g/mol. The number of nitrogens with one attached hydrogen (secondary N) is 1. The topological polar surface area (TPSA) is 51.2 Å². The van der Waals surface area contributed by atoms with E-state index < -0.39 is 5.97 Å². The number of nitrogens with zero attached hydrogens (tertiary/aromatic N) is 1. The highest BCUT2D eigenvalue weighted by Gasteiger charge is 2.12. The van der Waals surface area contributed by atoms with Crippen LogP contribution in [0.4, 0.5) is 5.69 Å². The van der Waals surface area contributed by atoms with Crippen LogP contribution in [0, 0.1) is 0 Å². The smallest absolute Gasteiger partial charge is 0.339 e. The van der Waals surface area contributed by atoms with Gasteiger partial charge in [-0.25, -0.2) is 4.79 Å². The summed E-state index contributed by atoms with van der Waals surface area (Å²) in [6.45, 7) is 2.03. The van der Waals surface area contributed by atoms with Crippen LogP contribution in [0.3, 0.4) is 0 Å². The highest BCUT2D eigenvalue weighted by atomic mass is 35.5. The van der Waals surface area contributed by atoms with Gasteiger partial charge in [0.25, 0.3) is 0 Å². The minimum Gasteiger partial charge on any atom is -0.465 e. The maximum atomic E-state index is 11.6. The summed E-state index contributed by atoms with van der Waals surface area (Å²) in [5.41, 5.74) is 2.26. The van der Waals surface area contributed by atoms with E-state index in [9.17, 15) is 4.79 Å². The molecule has 0 amide bonds. The van der Waals surface area contributed by atoms with Crippen LogP contribution in [0.5, 0.6) is 0 Å². The molecule has 0 bridgehead atoms. The molecule has 4 nitrogen and oxygen atoms in total. The molecule has 1 N–H and O–H groups in total. The fraction of sp³-hybridized carbons (Fsp3) is 0.200. The Labute approximate surface area is 122 Å². The van der Waals surface area contributed by atoms with E-state index in [0.717, 1.165) is 11.3 Å². The predicted molar refractivity (Wildman–Crippen MR) is 79.1 cm³/mol. The molecule has 5 heteroatoms. The summed E-state index contributed by atoms with van der Waals surface area (Å²) >= 11 is 5.99. The fourth-order valence-electron chi connectivity index (χ4n) is 1.87. The molecule has 2 aromatic rings. The molecular weight excluding hydrogens is 276 g/mol. The minimum absolute atomic E-state index is 0.0877. The van der Waals surface area contributed by atoms with Crippen LogP contribution in [0.1, 0.15) is 28.9 Å². The van der Waals surface area contributed by atoms with Crippen LogP contribution >= 0.6 is 11.6 Å². The number of carbonyl (C=O) groups excluding carboxylic acids is 1. The Morgan fingerprint density at radius 1 is 1.30 bits per heavy atom. The van der Waals surface area contributed by atoms with Crippen LogP contribution in [0.25, 0.3) is 0 Å². The largest absolute Gasteiger partial charge is 0.465 e. The van der Waals surface area contributed by atoms with Gasteiger partial charge in [-0.3, -0.25) is 4.98 Å². The second kappa shape index (κ2) is 6.39. The van der Waals surface area contributed by atoms with Crippen molar-refractivity contribution in [1.82, 2.24) is 4.98 Å². The summed E-state index contributed by atoms with van der Waals surface area (Å²) in [5.74, 6) is -0.449. The van der Waals surface area contributed by atoms with E-state index in [4.69, 9.17) is 16.3 Å². The molecule has 0 aliphatic heterocycles. The van der Waals surface area contributed by atoms with Gasteiger partial charge < -0.3 is 10.1 Å². The van der Waals surface area contributed by atoms with Crippen molar-refractivity contribution in [1.29, 1.82) is 0 Å². The average Bonchev–Trinajstić information content (AvgIpc) is 2.49. The number of pyridine rings is 1. The Morgan fingerprint density at radius 3 is 2.65 bits per heavy atom. The zero-order chi connectivity index (χ0) is 14.5. The summed E-state index contributed by atoms with van der Waals surface area (Å²) in [5, 5.41) is 3.68. The summed E-state index contributed by atoms with van der Waals surface area (Å²) in [6, 6.07) is 9.15. The summed E-state index contributed by atoms with van der Waals surface area (Å²) in [7, 11) is 1.33. The van der Waals surface area contributed by atoms with Gasteiger partial charge in [0, 0.05) is 24.1 Å². The second-order valence-electron chi connectivity index (χ2n) is 4.33. The first-order valence-electron chi connectivity index (χ1n) is 6.16. The quantitative estimate of drug-likeness (QED) is 0.873. The van der Waals surface area contributed by atoms with Crippen molar-refractivity contribution in [2.24, 2.45) is 0 Å². The van der Waals surface area contributed by atoms with Gasteiger partial charge in [0.1, 0.15) is 0 Å². The Kier molecular flexibility index (Phi) is 4.58. The summed E-state index contributed by atoms with van der Waals surface area (Å²) in [6.07, 6.45) is 3.49. The first kappa shape index (κ1) is 14.3. The molecule has 1 unspecified atom stereocenters. The van der Waals surface area contributed by atoms with Crippen molar-refractivity contribution in [3.63, 3.8) is 0 Å². The molecule has 2 rings (SSSR count). The van der Waals surface area contributed by atoms with Crippen molar-refractivity contribution in [2.75, 3.05) is 12.4 Å². The number of aromatic nitrogens is 1. The molecule has 0 fully saturated rings. The standard InChI is InChI=1S/C15H15ClN2O2/c1-10(11-5-7-17-8-6-11)18-12-3-4-14(16)13(9-12)15(19)20-2/h3-10,18H,1-2H3. The number of anilines is 1. The number of hydrogen-bond donors (Lipinski definition) is 1. The number of ether oxygens (including phenoxy) is 1.